The zero-order valence-electron chi connectivity index (χ0n) is 10.3. The van der Waals surface area contributed by atoms with E-state index in [1.807, 2.05) is 0 Å². The SMILES string of the molecule is O=C(CSC1CCCCC1)c1ccc(O)cc1O. The number of hydrogen-bond acceptors (Lipinski definition) is 4. The lowest BCUT2D eigenvalue weighted by Crippen LogP contribution is -2.12. The van der Waals surface area contributed by atoms with Crippen LogP contribution in [0.15, 0.2) is 18.2 Å². The third kappa shape index (κ3) is 3.42. The summed E-state index contributed by atoms with van der Waals surface area (Å²) in [4.78, 5) is 12.0. The van der Waals surface area contributed by atoms with Gasteiger partial charge in [-0.15, -0.1) is 0 Å². The van der Waals surface area contributed by atoms with E-state index in [2.05, 4.69) is 0 Å². The van der Waals surface area contributed by atoms with E-state index < -0.39 is 0 Å². The van der Waals surface area contributed by atoms with E-state index in [9.17, 15) is 15.0 Å². The van der Waals surface area contributed by atoms with Crippen molar-refractivity contribution in [3.05, 3.63) is 23.8 Å². The van der Waals surface area contributed by atoms with E-state index in [-0.39, 0.29) is 17.3 Å². The lowest BCUT2D eigenvalue weighted by atomic mass is 10.0. The molecule has 3 nitrogen and oxygen atoms in total. The minimum Gasteiger partial charge on any atom is -0.508 e. The van der Waals surface area contributed by atoms with Crippen molar-refractivity contribution in [2.45, 2.75) is 37.4 Å². The zero-order valence-corrected chi connectivity index (χ0v) is 11.1. The van der Waals surface area contributed by atoms with Crippen molar-refractivity contribution >= 4 is 17.5 Å². The van der Waals surface area contributed by atoms with Gasteiger partial charge in [0.05, 0.1) is 11.3 Å². The van der Waals surface area contributed by atoms with Crippen LogP contribution in [0.4, 0.5) is 0 Å². The molecule has 2 rings (SSSR count). The first-order valence-electron chi connectivity index (χ1n) is 6.33. The number of carbonyl (C=O) groups excluding carboxylic acids is 1. The number of hydrogen-bond donors (Lipinski definition) is 2. The molecule has 1 aromatic rings. The number of carbonyl (C=O) groups is 1. The van der Waals surface area contributed by atoms with Crippen LogP contribution in [0.25, 0.3) is 0 Å². The Bertz CT molecular complexity index is 425. The highest BCUT2D eigenvalue weighted by atomic mass is 32.2. The standard InChI is InChI=1S/C14H18O3S/c15-10-6-7-12(13(16)8-10)14(17)9-18-11-4-2-1-3-5-11/h6-8,11,15-16H,1-5,9H2. The summed E-state index contributed by atoms with van der Waals surface area (Å²) >= 11 is 1.69. The second-order valence-corrected chi connectivity index (χ2v) is 5.98. The Hall–Kier alpha value is -1.16. The van der Waals surface area contributed by atoms with Crippen molar-refractivity contribution in [1.82, 2.24) is 0 Å². The smallest absolute Gasteiger partial charge is 0.176 e. The summed E-state index contributed by atoms with van der Waals surface area (Å²) < 4.78 is 0. The number of Topliss-reactive ketones (excluding diaryl/α,β-unsaturated/α-hetero) is 1. The Balaban J connectivity index is 1.90. The molecule has 4 heteroatoms. The van der Waals surface area contributed by atoms with Gasteiger partial charge < -0.3 is 10.2 Å². The quantitative estimate of drug-likeness (QED) is 0.821. The van der Waals surface area contributed by atoms with Crippen LogP contribution in [0.3, 0.4) is 0 Å². The summed E-state index contributed by atoms with van der Waals surface area (Å²) in [7, 11) is 0. The van der Waals surface area contributed by atoms with Gasteiger partial charge in [-0.3, -0.25) is 4.79 Å². The van der Waals surface area contributed by atoms with Gasteiger partial charge in [0, 0.05) is 11.3 Å². The zero-order chi connectivity index (χ0) is 13.0. The molecule has 0 unspecified atom stereocenters. The monoisotopic (exact) mass is 266 g/mol. The van der Waals surface area contributed by atoms with Crippen LogP contribution in [0.5, 0.6) is 11.5 Å². The third-order valence-electron chi connectivity index (χ3n) is 3.28. The third-order valence-corrected chi connectivity index (χ3v) is 4.66. The predicted molar refractivity (Wildman–Crippen MR) is 73.4 cm³/mol. The number of thioether (sulfide) groups is 1. The van der Waals surface area contributed by atoms with Gasteiger partial charge >= 0.3 is 0 Å². The highest BCUT2D eigenvalue weighted by Crippen LogP contribution is 2.30. The Kier molecular flexibility index (Phi) is 4.53. The topological polar surface area (TPSA) is 57.5 Å². The summed E-state index contributed by atoms with van der Waals surface area (Å²) in [6.45, 7) is 0. The van der Waals surface area contributed by atoms with Gasteiger partial charge in [0.25, 0.3) is 0 Å². The van der Waals surface area contributed by atoms with Crippen molar-refractivity contribution in [3.8, 4) is 11.5 Å². The Labute approximate surface area is 111 Å². The second kappa shape index (κ2) is 6.14. The molecule has 1 saturated carbocycles. The lowest BCUT2D eigenvalue weighted by Gasteiger charge is -2.20. The summed E-state index contributed by atoms with van der Waals surface area (Å²) in [6.07, 6.45) is 6.22. The summed E-state index contributed by atoms with van der Waals surface area (Å²) in [5, 5.41) is 19.4. The molecule has 1 aliphatic carbocycles. The molecular weight excluding hydrogens is 248 g/mol. The van der Waals surface area contributed by atoms with Crippen molar-refractivity contribution in [3.63, 3.8) is 0 Å². The molecule has 0 aliphatic heterocycles. The van der Waals surface area contributed by atoms with Gasteiger partial charge in [0.15, 0.2) is 5.78 Å². The molecule has 1 fully saturated rings. The van der Waals surface area contributed by atoms with Crippen LogP contribution in [-0.4, -0.2) is 27.0 Å². The van der Waals surface area contributed by atoms with Crippen molar-refractivity contribution in [2.75, 3.05) is 5.75 Å². The molecule has 1 aliphatic rings. The van der Waals surface area contributed by atoms with Crippen LogP contribution in [0.1, 0.15) is 42.5 Å². The van der Waals surface area contributed by atoms with Gasteiger partial charge in [-0.25, -0.2) is 0 Å². The first-order valence-corrected chi connectivity index (χ1v) is 7.38. The van der Waals surface area contributed by atoms with Crippen LogP contribution < -0.4 is 0 Å². The van der Waals surface area contributed by atoms with Gasteiger partial charge in [0.2, 0.25) is 0 Å². The number of aromatic hydroxyl groups is 2. The molecule has 0 bridgehead atoms. The summed E-state index contributed by atoms with van der Waals surface area (Å²) in [5.74, 6) is 0.180. The molecule has 0 amide bonds. The number of rotatable bonds is 4. The van der Waals surface area contributed by atoms with Gasteiger partial charge in [-0.1, -0.05) is 19.3 Å². The highest BCUT2D eigenvalue weighted by Gasteiger charge is 2.17. The van der Waals surface area contributed by atoms with E-state index in [1.165, 1.54) is 50.3 Å². The molecule has 0 spiro atoms. The molecule has 0 saturated heterocycles. The molecule has 18 heavy (non-hydrogen) atoms. The molecule has 0 atom stereocenters. The molecule has 2 N–H and O–H groups in total. The Morgan fingerprint density at radius 3 is 2.61 bits per heavy atom. The minimum absolute atomic E-state index is 0.0241. The summed E-state index contributed by atoms with van der Waals surface area (Å²) in [5.41, 5.74) is 0.302. The van der Waals surface area contributed by atoms with Gasteiger partial charge in [-0.2, -0.15) is 11.8 Å². The lowest BCUT2D eigenvalue weighted by molar-refractivity contribution is 0.102. The molecule has 1 aromatic carbocycles. The molecule has 0 aromatic heterocycles. The molecule has 98 valence electrons. The predicted octanol–water partition coefficient (Wildman–Crippen LogP) is 3.35. The number of benzene rings is 1. The second-order valence-electron chi connectivity index (χ2n) is 4.70. The number of phenols is 2. The maximum Gasteiger partial charge on any atom is 0.176 e. The van der Waals surface area contributed by atoms with E-state index in [4.69, 9.17) is 0 Å². The normalized spacial score (nSPS) is 16.7. The molecule has 0 radical (unpaired) electrons. The fourth-order valence-corrected chi connectivity index (χ4v) is 3.47. The van der Waals surface area contributed by atoms with Crippen molar-refractivity contribution in [1.29, 1.82) is 0 Å². The first-order chi connectivity index (χ1) is 8.66. The highest BCUT2D eigenvalue weighted by molar-refractivity contribution is 8.00. The average molecular weight is 266 g/mol. The average Bonchev–Trinajstić information content (AvgIpc) is 2.37. The largest absolute Gasteiger partial charge is 0.508 e. The Morgan fingerprint density at radius 2 is 1.94 bits per heavy atom. The van der Waals surface area contributed by atoms with E-state index >= 15 is 0 Å². The van der Waals surface area contributed by atoms with E-state index in [1.54, 1.807) is 11.8 Å². The summed E-state index contributed by atoms with van der Waals surface area (Å²) in [6, 6.07) is 4.12. The van der Waals surface area contributed by atoms with Crippen LogP contribution in [0.2, 0.25) is 0 Å². The van der Waals surface area contributed by atoms with Crippen LogP contribution in [-0.2, 0) is 0 Å². The molecule has 0 heterocycles. The minimum atomic E-state index is -0.135. The van der Waals surface area contributed by atoms with Crippen molar-refractivity contribution in [2.24, 2.45) is 0 Å². The van der Waals surface area contributed by atoms with Crippen LogP contribution >= 0.6 is 11.8 Å². The number of ketones is 1. The first kappa shape index (κ1) is 13.3. The van der Waals surface area contributed by atoms with Crippen LogP contribution in [0, 0.1) is 0 Å². The maximum absolute atomic E-state index is 12.0. The van der Waals surface area contributed by atoms with E-state index in [0.29, 0.717) is 16.6 Å². The Morgan fingerprint density at radius 1 is 1.22 bits per heavy atom. The maximum atomic E-state index is 12.0. The fourth-order valence-electron chi connectivity index (χ4n) is 2.26. The van der Waals surface area contributed by atoms with Gasteiger partial charge in [-0.05, 0) is 25.0 Å². The number of phenolic OH excluding ortho intramolecular Hbond substituents is 2. The van der Waals surface area contributed by atoms with E-state index in [0.717, 1.165) is 0 Å². The van der Waals surface area contributed by atoms with Crippen molar-refractivity contribution < 1.29 is 15.0 Å². The van der Waals surface area contributed by atoms with Gasteiger partial charge in [0.1, 0.15) is 11.5 Å². The molecular formula is C14H18O3S. The fraction of sp³-hybridized carbons (Fsp3) is 0.500.